The maximum absolute atomic E-state index is 13.1. The zero-order chi connectivity index (χ0) is 20.0. The van der Waals surface area contributed by atoms with Gasteiger partial charge in [-0.3, -0.25) is 4.98 Å². The van der Waals surface area contributed by atoms with Gasteiger partial charge in [0.2, 0.25) is 0 Å². The molecule has 1 unspecified atom stereocenters. The Hall–Kier alpha value is -2.90. The van der Waals surface area contributed by atoms with Crippen LogP contribution in [-0.4, -0.2) is 26.0 Å². The lowest BCUT2D eigenvalue weighted by Gasteiger charge is -2.19. The summed E-state index contributed by atoms with van der Waals surface area (Å²) in [6.45, 7) is -0.116. The van der Waals surface area contributed by atoms with E-state index in [-0.39, 0.29) is 11.4 Å². The average molecular weight is 416 g/mol. The minimum Gasteiger partial charge on any atom is -0.336 e. The van der Waals surface area contributed by atoms with Gasteiger partial charge in [-0.25, -0.2) is 13.2 Å². The molecule has 3 aromatic rings. The summed E-state index contributed by atoms with van der Waals surface area (Å²) in [4.78, 5) is 16.4. The molecule has 0 aliphatic heterocycles. The fraction of sp³-hybridized carbons (Fsp3) is 0.100. The topological polar surface area (TPSA) is 88.2 Å². The molecule has 0 radical (unpaired) electrons. The highest BCUT2D eigenvalue weighted by Crippen LogP contribution is 2.28. The predicted octanol–water partition coefficient (Wildman–Crippen LogP) is 4.07. The van der Waals surface area contributed by atoms with Gasteiger partial charge in [0.15, 0.2) is 9.84 Å². The molecule has 0 saturated heterocycles. The smallest absolute Gasteiger partial charge is 0.319 e. The van der Waals surface area contributed by atoms with Crippen LogP contribution in [0.4, 0.5) is 10.5 Å². The Morgan fingerprint density at radius 2 is 1.82 bits per heavy atom. The zero-order valence-electron chi connectivity index (χ0n) is 14.7. The molecule has 1 aromatic heterocycles. The summed E-state index contributed by atoms with van der Waals surface area (Å²) in [5.74, 6) is 0. The van der Waals surface area contributed by atoms with E-state index in [9.17, 15) is 13.2 Å². The molecule has 2 N–H and O–H groups in total. The number of carbonyl (C=O) groups is 1. The highest BCUT2D eigenvalue weighted by atomic mass is 35.5. The highest BCUT2D eigenvalue weighted by Gasteiger charge is 2.29. The van der Waals surface area contributed by atoms with Gasteiger partial charge in [0.1, 0.15) is 5.25 Å². The van der Waals surface area contributed by atoms with E-state index in [0.717, 1.165) is 0 Å². The van der Waals surface area contributed by atoms with Crippen molar-refractivity contribution < 1.29 is 13.2 Å². The van der Waals surface area contributed by atoms with E-state index in [4.69, 9.17) is 11.6 Å². The van der Waals surface area contributed by atoms with Crippen molar-refractivity contribution in [1.29, 1.82) is 0 Å². The first-order chi connectivity index (χ1) is 13.5. The SMILES string of the molecule is O=C(NCC(c1cccnc1)S(=O)(=O)c1ccccc1)Nc1cccc(Cl)c1. The lowest BCUT2D eigenvalue weighted by Crippen LogP contribution is -2.35. The Balaban J connectivity index is 1.80. The number of carbonyl (C=O) groups excluding carboxylic acids is 1. The van der Waals surface area contributed by atoms with Crippen LogP contribution in [0.3, 0.4) is 0 Å². The van der Waals surface area contributed by atoms with Gasteiger partial charge in [0, 0.05) is 29.6 Å². The van der Waals surface area contributed by atoms with Gasteiger partial charge in [-0.15, -0.1) is 0 Å². The summed E-state index contributed by atoms with van der Waals surface area (Å²) in [5.41, 5.74) is 1.00. The van der Waals surface area contributed by atoms with Gasteiger partial charge in [0.05, 0.1) is 4.90 Å². The second-order valence-corrected chi connectivity index (χ2v) is 8.55. The molecule has 28 heavy (non-hydrogen) atoms. The zero-order valence-corrected chi connectivity index (χ0v) is 16.3. The van der Waals surface area contributed by atoms with E-state index in [1.807, 2.05) is 0 Å². The summed E-state index contributed by atoms with van der Waals surface area (Å²) in [7, 11) is -3.73. The average Bonchev–Trinajstić information content (AvgIpc) is 2.69. The summed E-state index contributed by atoms with van der Waals surface area (Å²) < 4.78 is 26.3. The quantitative estimate of drug-likeness (QED) is 0.635. The molecule has 0 saturated carbocycles. The lowest BCUT2D eigenvalue weighted by molar-refractivity contribution is 0.252. The fourth-order valence-corrected chi connectivity index (χ4v) is 4.53. The molecule has 0 bridgehead atoms. The molecule has 0 aliphatic carbocycles. The molecule has 0 aliphatic rings. The molecule has 0 fully saturated rings. The Morgan fingerprint density at radius 1 is 1.04 bits per heavy atom. The number of aromatic nitrogens is 1. The van der Waals surface area contributed by atoms with E-state index in [0.29, 0.717) is 16.3 Å². The van der Waals surface area contributed by atoms with Crippen molar-refractivity contribution in [1.82, 2.24) is 10.3 Å². The van der Waals surface area contributed by atoms with Crippen molar-refractivity contribution >= 4 is 33.2 Å². The first-order valence-electron chi connectivity index (χ1n) is 8.46. The van der Waals surface area contributed by atoms with Crippen LogP contribution in [0.1, 0.15) is 10.8 Å². The lowest BCUT2D eigenvalue weighted by atomic mass is 10.2. The summed E-state index contributed by atoms with van der Waals surface area (Å²) in [6, 6.07) is 17.6. The minimum absolute atomic E-state index is 0.116. The Kier molecular flexibility index (Phi) is 6.28. The molecular weight excluding hydrogens is 398 g/mol. The number of benzene rings is 2. The van der Waals surface area contributed by atoms with E-state index >= 15 is 0 Å². The number of halogens is 1. The standard InChI is InChI=1S/C20H18ClN3O3S/c21-16-7-4-8-17(12-16)24-20(25)23-14-19(15-6-5-11-22-13-15)28(26,27)18-9-2-1-3-10-18/h1-13,19H,14H2,(H2,23,24,25). The van der Waals surface area contributed by atoms with Crippen molar-refractivity contribution in [2.75, 3.05) is 11.9 Å². The molecule has 0 spiro atoms. The van der Waals surface area contributed by atoms with Crippen LogP contribution in [0.5, 0.6) is 0 Å². The van der Waals surface area contributed by atoms with Crippen LogP contribution in [0.2, 0.25) is 5.02 Å². The van der Waals surface area contributed by atoms with E-state index < -0.39 is 21.1 Å². The third kappa shape index (κ3) is 4.88. The number of anilines is 1. The minimum atomic E-state index is -3.73. The van der Waals surface area contributed by atoms with Crippen molar-refractivity contribution in [3.63, 3.8) is 0 Å². The van der Waals surface area contributed by atoms with Gasteiger partial charge in [-0.1, -0.05) is 41.9 Å². The van der Waals surface area contributed by atoms with E-state index in [2.05, 4.69) is 15.6 Å². The number of sulfone groups is 1. The Morgan fingerprint density at radius 3 is 2.50 bits per heavy atom. The number of amides is 2. The normalized spacial score (nSPS) is 12.2. The number of urea groups is 1. The van der Waals surface area contributed by atoms with Crippen LogP contribution in [0.25, 0.3) is 0 Å². The maximum Gasteiger partial charge on any atom is 0.319 e. The van der Waals surface area contributed by atoms with Crippen LogP contribution >= 0.6 is 11.6 Å². The first-order valence-corrected chi connectivity index (χ1v) is 10.4. The van der Waals surface area contributed by atoms with Crippen LogP contribution < -0.4 is 10.6 Å². The Labute approximate surface area is 168 Å². The van der Waals surface area contributed by atoms with Crippen LogP contribution in [0, 0.1) is 0 Å². The number of rotatable bonds is 6. The number of nitrogens with one attached hydrogen (secondary N) is 2. The molecule has 3 rings (SSSR count). The molecule has 6 nitrogen and oxygen atoms in total. The molecule has 144 valence electrons. The van der Waals surface area contributed by atoms with Gasteiger partial charge < -0.3 is 10.6 Å². The van der Waals surface area contributed by atoms with Crippen molar-refractivity contribution in [2.45, 2.75) is 10.1 Å². The molecular formula is C20H18ClN3O3S. The van der Waals surface area contributed by atoms with Gasteiger partial charge in [-0.05, 0) is 42.0 Å². The predicted molar refractivity (Wildman–Crippen MR) is 109 cm³/mol. The second kappa shape index (κ2) is 8.86. The molecule has 2 aromatic carbocycles. The van der Waals surface area contributed by atoms with Crippen molar-refractivity contribution in [3.8, 4) is 0 Å². The number of pyridine rings is 1. The fourth-order valence-electron chi connectivity index (χ4n) is 2.67. The van der Waals surface area contributed by atoms with E-state index in [1.54, 1.807) is 60.8 Å². The third-order valence-corrected chi connectivity index (χ3v) is 6.39. The monoisotopic (exact) mass is 415 g/mol. The largest absolute Gasteiger partial charge is 0.336 e. The third-order valence-electron chi connectivity index (χ3n) is 4.03. The highest BCUT2D eigenvalue weighted by molar-refractivity contribution is 7.91. The van der Waals surface area contributed by atoms with Crippen LogP contribution in [0.15, 0.2) is 84.0 Å². The van der Waals surface area contributed by atoms with Gasteiger partial charge >= 0.3 is 6.03 Å². The number of hydrogen-bond donors (Lipinski definition) is 2. The maximum atomic E-state index is 13.1. The molecule has 1 atom stereocenters. The number of nitrogens with zero attached hydrogens (tertiary/aromatic N) is 1. The van der Waals surface area contributed by atoms with E-state index in [1.165, 1.54) is 18.3 Å². The molecule has 1 heterocycles. The second-order valence-electron chi connectivity index (χ2n) is 5.98. The van der Waals surface area contributed by atoms with Crippen molar-refractivity contribution in [2.24, 2.45) is 0 Å². The Bertz CT molecular complexity index is 1040. The summed E-state index contributed by atoms with van der Waals surface area (Å²) in [5, 5.41) is 4.77. The number of hydrogen-bond acceptors (Lipinski definition) is 4. The summed E-state index contributed by atoms with van der Waals surface area (Å²) >= 11 is 5.91. The molecule has 8 heteroatoms. The first kappa shape index (κ1) is 19.9. The van der Waals surface area contributed by atoms with Crippen LogP contribution in [-0.2, 0) is 9.84 Å². The van der Waals surface area contributed by atoms with Gasteiger partial charge in [-0.2, -0.15) is 0 Å². The van der Waals surface area contributed by atoms with Crippen molar-refractivity contribution in [3.05, 3.63) is 89.7 Å². The van der Waals surface area contributed by atoms with Gasteiger partial charge in [0.25, 0.3) is 0 Å². The summed E-state index contributed by atoms with van der Waals surface area (Å²) in [6.07, 6.45) is 3.05. The molecule has 2 amide bonds.